The van der Waals surface area contributed by atoms with Crippen molar-refractivity contribution < 1.29 is 5.11 Å². The monoisotopic (exact) mass is 289 g/mol. The van der Waals surface area contributed by atoms with E-state index in [0.717, 1.165) is 31.2 Å². The Balaban J connectivity index is 2.82. The molecule has 102 valence electrons. The largest absolute Gasteiger partial charge is 0.392 e. The quantitative estimate of drug-likeness (QED) is 0.746. The van der Waals surface area contributed by atoms with Crippen LogP contribution in [0.1, 0.15) is 44.1 Å². The first-order valence-corrected chi connectivity index (χ1v) is 7.19. The Morgan fingerprint density at radius 3 is 2.33 bits per heavy atom. The van der Waals surface area contributed by atoms with Crippen LogP contribution in [0.15, 0.2) is 18.2 Å². The molecule has 0 heterocycles. The van der Waals surface area contributed by atoms with Gasteiger partial charge in [0.05, 0.1) is 6.10 Å². The van der Waals surface area contributed by atoms with Crippen molar-refractivity contribution in [2.45, 2.75) is 44.6 Å². The average molecular weight is 290 g/mol. The van der Waals surface area contributed by atoms with Gasteiger partial charge in [-0.2, -0.15) is 0 Å². The van der Waals surface area contributed by atoms with Gasteiger partial charge in [0.15, 0.2) is 0 Å². The van der Waals surface area contributed by atoms with Crippen molar-refractivity contribution in [1.82, 2.24) is 0 Å². The lowest BCUT2D eigenvalue weighted by molar-refractivity contribution is 0.132. The van der Waals surface area contributed by atoms with Gasteiger partial charge in [-0.3, -0.25) is 0 Å². The third-order valence-corrected chi connectivity index (χ3v) is 3.85. The molecule has 0 bridgehead atoms. The van der Waals surface area contributed by atoms with Crippen molar-refractivity contribution >= 4 is 23.2 Å². The van der Waals surface area contributed by atoms with Gasteiger partial charge in [0.2, 0.25) is 0 Å². The van der Waals surface area contributed by atoms with Gasteiger partial charge in [0.1, 0.15) is 0 Å². The number of aliphatic hydroxyl groups excluding tert-OH is 1. The van der Waals surface area contributed by atoms with Gasteiger partial charge in [-0.05, 0) is 24.1 Å². The summed E-state index contributed by atoms with van der Waals surface area (Å²) in [6, 6.07) is 5.36. The summed E-state index contributed by atoms with van der Waals surface area (Å²) in [5.74, 6) is -0.192. The summed E-state index contributed by atoms with van der Waals surface area (Å²) in [6.45, 7) is 2.48. The SMILES string of the molecule is CCCCCC(O)C(CN)c1c(Cl)cccc1Cl. The van der Waals surface area contributed by atoms with Crippen LogP contribution < -0.4 is 5.73 Å². The summed E-state index contributed by atoms with van der Waals surface area (Å²) >= 11 is 12.3. The number of hydrogen-bond donors (Lipinski definition) is 2. The number of halogens is 2. The summed E-state index contributed by atoms with van der Waals surface area (Å²) < 4.78 is 0. The molecule has 0 radical (unpaired) electrons. The minimum absolute atomic E-state index is 0.192. The molecule has 0 saturated carbocycles. The van der Waals surface area contributed by atoms with Crippen LogP contribution in [0.2, 0.25) is 10.0 Å². The number of aliphatic hydroxyl groups is 1. The average Bonchev–Trinajstić information content (AvgIpc) is 2.34. The van der Waals surface area contributed by atoms with Crippen molar-refractivity contribution in [1.29, 1.82) is 0 Å². The first kappa shape index (κ1) is 15.8. The molecule has 1 aromatic carbocycles. The minimum Gasteiger partial charge on any atom is -0.392 e. The lowest BCUT2D eigenvalue weighted by Gasteiger charge is -2.23. The molecule has 0 fully saturated rings. The summed E-state index contributed by atoms with van der Waals surface area (Å²) in [4.78, 5) is 0. The van der Waals surface area contributed by atoms with E-state index in [9.17, 15) is 5.11 Å². The Labute approximate surface area is 119 Å². The van der Waals surface area contributed by atoms with Crippen molar-refractivity contribution in [3.8, 4) is 0 Å². The fourth-order valence-corrected chi connectivity index (χ4v) is 2.81. The van der Waals surface area contributed by atoms with Crippen LogP contribution >= 0.6 is 23.2 Å². The van der Waals surface area contributed by atoms with Crippen molar-refractivity contribution in [2.75, 3.05) is 6.54 Å². The number of unbranched alkanes of at least 4 members (excludes halogenated alkanes) is 2. The van der Waals surface area contributed by atoms with Crippen LogP contribution in [0.25, 0.3) is 0 Å². The van der Waals surface area contributed by atoms with E-state index >= 15 is 0 Å². The molecule has 1 aromatic rings. The highest BCUT2D eigenvalue weighted by Gasteiger charge is 2.23. The molecule has 4 heteroatoms. The molecule has 3 N–H and O–H groups in total. The summed E-state index contributed by atoms with van der Waals surface area (Å²) in [7, 11) is 0. The van der Waals surface area contributed by atoms with Gasteiger partial charge in [0, 0.05) is 22.5 Å². The summed E-state index contributed by atoms with van der Waals surface area (Å²) in [6.07, 6.45) is 3.49. The Bertz CT molecular complexity index is 351. The maximum absolute atomic E-state index is 10.2. The Hall–Kier alpha value is -0.280. The molecule has 0 aromatic heterocycles. The van der Waals surface area contributed by atoms with E-state index in [2.05, 4.69) is 6.92 Å². The van der Waals surface area contributed by atoms with E-state index in [1.165, 1.54) is 0 Å². The molecule has 1 rings (SSSR count). The standard InChI is InChI=1S/C14H21Cl2NO/c1-2-3-4-8-13(18)10(9-17)14-11(15)6-5-7-12(14)16/h5-7,10,13,18H,2-4,8-9,17H2,1H3. The van der Waals surface area contributed by atoms with Crippen molar-refractivity contribution in [3.05, 3.63) is 33.8 Å². The molecular formula is C14H21Cl2NO. The van der Waals surface area contributed by atoms with Crippen LogP contribution in [-0.4, -0.2) is 17.8 Å². The molecule has 0 aliphatic carbocycles. The van der Waals surface area contributed by atoms with E-state index in [0.29, 0.717) is 16.6 Å². The number of nitrogens with two attached hydrogens (primary N) is 1. The highest BCUT2D eigenvalue weighted by atomic mass is 35.5. The van der Waals surface area contributed by atoms with Crippen LogP contribution in [0.5, 0.6) is 0 Å². The minimum atomic E-state index is -0.487. The predicted molar refractivity (Wildman–Crippen MR) is 78.4 cm³/mol. The Morgan fingerprint density at radius 2 is 1.83 bits per heavy atom. The smallest absolute Gasteiger partial charge is 0.0621 e. The second kappa shape index (κ2) is 8.00. The normalized spacial score (nSPS) is 14.5. The van der Waals surface area contributed by atoms with E-state index in [-0.39, 0.29) is 5.92 Å². The zero-order valence-electron chi connectivity index (χ0n) is 10.7. The first-order chi connectivity index (χ1) is 8.61. The van der Waals surface area contributed by atoms with Crippen LogP contribution in [0.4, 0.5) is 0 Å². The van der Waals surface area contributed by atoms with E-state index in [1.807, 2.05) is 0 Å². The maximum atomic E-state index is 10.2. The van der Waals surface area contributed by atoms with Gasteiger partial charge in [-0.1, -0.05) is 55.5 Å². The van der Waals surface area contributed by atoms with Crippen molar-refractivity contribution in [3.63, 3.8) is 0 Å². The van der Waals surface area contributed by atoms with Gasteiger partial charge in [0.25, 0.3) is 0 Å². The second-order valence-electron chi connectivity index (χ2n) is 4.54. The topological polar surface area (TPSA) is 46.2 Å². The molecule has 2 atom stereocenters. The third-order valence-electron chi connectivity index (χ3n) is 3.19. The molecule has 0 saturated heterocycles. The van der Waals surface area contributed by atoms with Gasteiger partial charge in [-0.25, -0.2) is 0 Å². The van der Waals surface area contributed by atoms with Gasteiger partial charge < -0.3 is 10.8 Å². The molecule has 2 nitrogen and oxygen atoms in total. The second-order valence-corrected chi connectivity index (χ2v) is 5.36. The maximum Gasteiger partial charge on any atom is 0.0621 e. The van der Waals surface area contributed by atoms with E-state index in [1.54, 1.807) is 18.2 Å². The Morgan fingerprint density at radius 1 is 1.22 bits per heavy atom. The lowest BCUT2D eigenvalue weighted by atomic mass is 9.90. The fraction of sp³-hybridized carbons (Fsp3) is 0.571. The Kier molecular flexibility index (Phi) is 7.02. The molecule has 2 unspecified atom stereocenters. The van der Waals surface area contributed by atoms with Crippen molar-refractivity contribution in [2.24, 2.45) is 5.73 Å². The summed E-state index contributed by atoms with van der Waals surface area (Å²) in [5, 5.41) is 11.4. The predicted octanol–water partition coefficient (Wildman–Crippen LogP) is 3.98. The van der Waals surface area contributed by atoms with Gasteiger partial charge >= 0.3 is 0 Å². The van der Waals surface area contributed by atoms with Crippen LogP contribution in [-0.2, 0) is 0 Å². The van der Waals surface area contributed by atoms with E-state index in [4.69, 9.17) is 28.9 Å². The van der Waals surface area contributed by atoms with Gasteiger partial charge in [-0.15, -0.1) is 0 Å². The lowest BCUT2D eigenvalue weighted by Crippen LogP contribution is -2.26. The molecule has 0 aliphatic heterocycles. The number of hydrogen-bond acceptors (Lipinski definition) is 2. The molecule has 0 amide bonds. The van der Waals surface area contributed by atoms with Crippen LogP contribution in [0.3, 0.4) is 0 Å². The molecule has 18 heavy (non-hydrogen) atoms. The van der Waals surface area contributed by atoms with E-state index < -0.39 is 6.10 Å². The zero-order chi connectivity index (χ0) is 13.5. The molecule has 0 aliphatic rings. The number of rotatable bonds is 7. The highest BCUT2D eigenvalue weighted by molar-refractivity contribution is 6.36. The molecule has 0 spiro atoms. The third kappa shape index (κ3) is 4.13. The first-order valence-electron chi connectivity index (χ1n) is 6.43. The van der Waals surface area contributed by atoms with Crippen LogP contribution in [0, 0.1) is 0 Å². The fourth-order valence-electron chi connectivity index (χ4n) is 2.14. The summed E-state index contributed by atoms with van der Waals surface area (Å²) in [5.41, 5.74) is 6.54. The highest BCUT2D eigenvalue weighted by Crippen LogP contribution is 2.34. The zero-order valence-corrected chi connectivity index (χ0v) is 12.2. The number of benzene rings is 1. The molecular weight excluding hydrogens is 269 g/mol.